The second-order valence-corrected chi connectivity index (χ2v) is 8.52. The Hall–Kier alpha value is -2.62. The second kappa shape index (κ2) is 12.7. The Morgan fingerprint density at radius 3 is 0.765 bits per heavy atom. The van der Waals surface area contributed by atoms with Crippen LogP contribution in [0.25, 0.3) is 0 Å². The van der Waals surface area contributed by atoms with Crippen molar-refractivity contribution < 1.29 is 0 Å². The lowest BCUT2D eigenvalue weighted by atomic mass is 9.94. The van der Waals surface area contributed by atoms with Crippen molar-refractivity contribution in [1.82, 2.24) is 9.80 Å². The van der Waals surface area contributed by atoms with Gasteiger partial charge in [0.05, 0.1) is 12.1 Å². The molecule has 4 aromatic rings. The molecule has 4 heteroatoms. The minimum Gasteiger partial charge on any atom is -0.290 e. The van der Waals surface area contributed by atoms with Crippen LogP contribution in [0.5, 0.6) is 0 Å². The number of nitrogens with zero attached hydrogens (tertiary/aromatic N) is 2. The maximum Gasteiger partial charge on any atom is 0.0602 e. The fraction of sp³-hybridized carbons (Fsp3) is 0.200. The van der Waals surface area contributed by atoms with Crippen LogP contribution in [0.15, 0.2) is 121 Å². The van der Waals surface area contributed by atoms with Gasteiger partial charge < -0.3 is 0 Å². The molecule has 0 unspecified atom stereocenters. The van der Waals surface area contributed by atoms with Gasteiger partial charge in [-0.15, -0.1) is 24.8 Å². The first-order valence-electron chi connectivity index (χ1n) is 11.6. The molecule has 1 heterocycles. The summed E-state index contributed by atoms with van der Waals surface area (Å²) in [5.74, 6) is 0. The molecule has 0 bridgehead atoms. The van der Waals surface area contributed by atoms with Crippen LogP contribution in [-0.4, -0.2) is 36.0 Å². The van der Waals surface area contributed by atoms with Crippen molar-refractivity contribution in [1.29, 1.82) is 0 Å². The molecule has 5 rings (SSSR count). The SMILES string of the molecule is Cl.Cl.c1ccc(C(c2ccccc2)N2CCN(C(c3ccccc3)c3ccccc3)CC2)cc1. The Balaban J connectivity index is 0.00000162. The zero-order valence-corrected chi connectivity index (χ0v) is 20.9. The fourth-order valence-electron chi connectivity index (χ4n) is 5.02. The van der Waals surface area contributed by atoms with Crippen molar-refractivity contribution in [2.75, 3.05) is 26.2 Å². The van der Waals surface area contributed by atoms with Crippen LogP contribution in [0.1, 0.15) is 34.3 Å². The molecule has 0 spiro atoms. The maximum absolute atomic E-state index is 2.65. The average Bonchev–Trinajstić information content (AvgIpc) is 2.88. The predicted molar refractivity (Wildman–Crippen MR) is 147 cm³/mol. The van der Waals surface area contributed by atoms with Crippen LogP contribution >= 0.6 is 24.8 Å². The van der Waals surface area contributed by atoms with Gasteiger partial charge in [-0.3, -0.25) is 9.80 Å². The highest BCUT2D eigenvalue weighted by atomic mass is 35.5. The third-order valence-corrected chi connectivity index (χ3v) is 6.54. The van der Waals surface area contributed by atoms with Crippen molar-refractivity contribution in [3.05, 3.63) is 144 Å². The van der Waals surface area contributed by atoms with Gasteiger partial charge in [-0.1, -0.05) is 121 Å². The minimum atomic E-state index is 0. The summed E-state index contributed by atoms with van der Waals surface area (Å²) in [7, 11) is 0. The van der Waals surface area contributed by atoms with E-state index in [0.717, 1.165) is 26.2 Å². The number of hydrogen-bond acceptors (Lipinski definition) is 2. The lowest BCUT2D eigenvalue weighted by Crippen LogP contribution is -2.49. The van der Waals surface area contributed by atoms with E-state index in [1.54, 1.807) is 0 Å². The predicted octanol–water partition coefficient (Wildman–Crippen LogP) is 7.03. The standard InChI is InChI=1S/C30H30N2.2ClH/c1-5-13-25(14-6-1)29(26-15-7-2-8-16-26)31-21-23-32(24-22-31)30(27-17-9-3-10-18-27)28-19-11-4-12-20-28;;/h1-20,29-30H,21-24H2;2*1H. The summed E-state index contributed by atoms with van der Waals surface area (Å²) < 4.78 is 0. The molecule has 4 aromatic carbocycles. The highest BCUT2D eigenvalue weighted by Gasteiger charge is 2.30. The summed E-state index contributed by atoms with van der Waals surface area (Å²) in [5.41, 5.74) is 5.48. The Labute approximate surface area is 216 Å². The van der Waals surface area contributed by atoms with E-state index >= 15 is 0 Å². The van der Waals surface area contributed by atoms with Crippen molar-refractivity contribution in [2.24, 2.45) is 0 Å². The zero-order chi connectivity index (χ0) is 21.6. The zero-order valence-electron chi connectivity index (χ0n) is 19.2. The molecular formula is C30H32Cl2N2. The summed E-state index contributed by atoms with van der Waals surface area (Å²) in [5, 5.41) is 0. The van der Waals surface area contributed by atoms with Crippen LogP contribution in [0, 0.1) is 0 Å². The Bertz CT molecular complexity index is 914. The van der Waals surface area contributed by atoms with Gasteiger partial charge in [0, 0.05) is 26.2 Å². The van der Waals surface area contributed by atoms with Gasteiger partial charge in [0.15, 0.2) is 0 Å². The van der Waals surface area contributed by atoms with Gasteiger partial charge >= 0.3 is 0 Å². The lowest BCUT2D eigenvalue weighted by molar-refractivity contribution is 0.0898. The normalized spacial score (nSPS) is 14.4. The van der Waals surface area contributed by atoms with E-state index in [1.165, 1.54) is 22.3 Å². The van der Waals surface area contributed by atoms with Crippen molar-refractivity contribution in [2.45, 2.75) is 12.1 Å². The summed E-state index contributed by atoms with van der Waals surface area (Å²) in [6.07, 6.45) is 0. The molecule has 0 N–H and O–H groups in total. The average molecular weight is 492 g/mol. The Morgan fingerprint density at radius 2 is 0.559 bits per heavy atom. The van der Waals surface area contributed by atoms with Gasteiger partial charge in [0.2, 0.25) is 0 Å². The van der Waals surface area contributed by atoms with Crippen LogP contribution in [0.2, 0.25) is 0 Å². The first kappa shape index (κ1) is 26.0. The van der Waals surface area contributed by atoms with Gasteiger partial charge in [0.1, 0.15) is 0 Å². The van der Waals surface area contributed by atoms with E-state index in [4.69, 9.17) is 0 Å². The second-order valence-electron chi connectivity index (χ2n) is 8.52. The van der Waals surface area contributed by atoms with E-state index in [0.29, 0.717) is 12.1 Å². The number of rotatable bonds is 6. The summed E-state index contributed by atoms with van der Waals surface area (Å²) in [6.45, 7) is 4.19. The molecule has 0 saturated carbocycles. The fourth-order valence-corrected chi connectivity index (χ4v) is 5.02. The molecule has 2 nitrogen and oxygen atoms in total. The molecule has 0 aromatic heterocycles. The van der Waals surface area contributed by atoms with Crippen LogP contribution in [0.4, 0.5) is 0 Å². The first-order valence-corrected chi connectivity index (χ1v) is 11.6. The Morgan fingerprint density at radius 1 is 0.353 bits per heavy atom. The quantitative estimate of drug-likeness (QED) is 0.286. The molecule has 1 aliphatic rings. The summed E-state index contributed by atoms with van der Waals surface area (Å²) in [4.78, 5) is 5.29. The molecule has 1 saturated heterocycles. The number of benzene rings is 4. The van der Waals surface area contributed by atoms with Gasteiger partial charge in [-0.2, -0.15) is 0 Å². The number of hydrogen-bond donors (Lipinski definition) is 0. The van der Waals surface area contributed by atoms with E-state index in [-0.39, 0.29) is 24.8 Å². The summed E-state index contributed by atoms with van der Waals surface area (Å²) >= 11 is 0. The third kappa shape index (κ3) is 5.89. The molecule has 0 aliphatic carbocycles. The lowest BCUT2D eigenvalue weighted by Gasteiger charge is -2.43. The minimum absolute atomic E-state index is 0. The third-order valence-electron chi connectivity index (χ3n) is 6.54. The van der Waals surface area contributed by atoms with E-state index < -0.39 is 0 Å². The van der Waals surface area contributed by atoms with E-state index in [2.05, 4.69) is 131 Å². The summed E-state index contributed by atoms with van der Waals surface area (Å²) in [6, 6.07) is 44.4. The topological polar surface area (TPSA) is 6.48 Å². The first-order chi connectivity index (χ1) is 15.9. The van der Waals surface area contributed by atoms with Crippen LogP contribution < -0.4 is 0 Å². The monoisotopic (exact) mass is 490 g/mol. The van der Waals surface area contributed by atoms with E-state index in [1.807, 2.05) is 0 Å². The van der Waals surface area contributed by atoms with Gasteiger partial charge in [-0.05, 0) is 22.3 Å². The van der Waals surface area contributed by atoms with Crippen molar-refractivity contribution in [3.8, 4) is 0 Å². The largest absolute Gasteiger partial charge is 0.290 e. The number of halogens is 2. The molecule has 0 atom stereocenters. The molecule has 176 valence electrons. The molecule has 1 fully saturated rings. The molecule has 34 heavy (non-hydrogen) atoms. The van der Waals surface area contributed by atoms with Crippen molar-refractivity contribution in [3.63, 3.8) is 0 Å². The molecule has 0 radical (unpaired) electrons. The van der Waals surface area contributed by atoms with E-state index in [9.17, 15) is 0 Å². The van der Waals surface area contributed by atoms with Crippen LogP contribution in [0.3, 0.4) is 0 Å². The smallest absolute Gasteiger partial charge is 0.0602 e. The maximum atomic E-state index is 2.65. The molecular weight excluding hydrogens is 459 g/mol. The van der Waals surface area contributed by atoms with Gasteiger partial charge in [0.25, 0.3) is 0 Å². The highest BCUT2D eigenvalue weighted by Crippen LogP contribution is 2.33. The Kier molecular flexibility index (Phi) is 9.74. The number of piperazine rings is 1. The van der Waals surface area contributed by atoms with Gasteiger partial charge in [-0.25, -0.2) is 0 Å². The van der Waals surface area contributed by atoms with Crippen LogP contribution in [-0.2, 0) is 0 Å². The highest BCUT2D eigenvalue weighted by molar-refractivity contribution is 5.85. The molecule has 1 aliphatic heterocycles. The van der Waals surface area contributed by atoms with Crippen molar-refractivity contribution >= 4 is 24.8 Å². The molecule has 0 amide bonds.